The van der Waals surface area contributed by atoms with Gasteiger partial charge in [0, 0.05) is 25.5 Å². The molecule has 2 N–H and O–H groups in total. The van der Waals surface area contributed by atoms with Gasteiger partial charge in [-0.3, -0.25) is 0 Å². The molecule has 0 spiro atoms. The Labute approximate surface area is 140 Å². The van der Waals surface area contributed by atoms with Gasteiger partial charge in [0.1, 0.15) is 6.04 Å². The molecule has 1 aromatic heterocycles. The zero-order valence-electron chi connectivity index (χ0n) is 13.8. The van der Waals surface area contributed by atoms with Crippen LogP contribution in [-0.4, -0.2) is 53.2 Å². The number of aliphatic carboxylic acids is 1. The number of urea groups is 1. The third-order valence-electron chi connectivity index (χ3n) is 3.87. The van der Waals surface area contributed by atoms with E-state index >= 15 is 0 Å². The number of carboxylic acids is 1. The summed E-state index contributed by atoms with van der Waals surface area (Å²) in [6.07, 6.45) is 2.39. The summed E-state index contributed by atoms with van der Waals surface area (Å²) in [4.78, 5) is 31.6. The molecular weight excluding hydrogens is 316 g/mol. The Morgan fingerprint density at radius 1 is 1.43 bits per heavy atom. The van der Waals surface area contributed by atoms with Gasteiger partial charge in [-0.15, -0.1) is 11.3 Å². The van der Waals surface area contributed by atoms with Crippen LogP contribution in [0.25, 0.3) is 0 Å². The Morgan fingerprint density at radius 3 is 2.65 bits per heavy atom. The lowest BCUT2D eigenvalue weighted by Gasteiger charge is -2.22. The van der Waals surface area contributed by atoms with Crippen LogP contribution in [0.4, 0.5) is 9.93 Å². The lowest BCUT2D eigenvalue weighted by Crippen LogP contribution is -2.48. The Balaban J connectivity index is 1.91. The van der Waals surface area contributed by atoms with Crippen LogP contribution >= 0.6 is 11.3 Å². The average molecular weight is 340 g/mol. The number of carbonyl (C=O) groups is 2. The van der Waals surface area contributed by atoms with E-state index in [1.807, 2.05) is 5.38 Å². The van der Waals surface area contributed by atoms with E-state index in [2.05, 4.69) is 15.2 Å². The van der Waals surface area contributed by atoms with E-state index in [0.29, 0.717) is 6.54 Å². The number of hydrogen-bond acceptors (Lipinski definition) is 5. The number of thiazole rings is 1. The molecule has 0 saturated carbocycles. The fourth-order valence-corrected chi connectivity index (χ4v) is 3.36. The number of nitrogens with zero attached hydrogens (tertiary/aromatic N) is 3. The number of hydrogen-bond donors (Lipinski definition) is 2. The summed E-state index contributed by atoms with van der Waals surface area (Å²) in [6, 6.07) is -1.29. The summed E-state index contributed by atoms with van der Waals surface area (Å²) in [7, 11) is 1.64. The van der Waals surface area contributed by atoms with Gasteiger partial charge in [-0.05, 0) is 18.8 Å². The number of carboxylic acid groups (broad SMARTS) is 1. The fourth-order valence-electron chi connectivity index (χ4n) is 2.49. The number of anilines is 1. The molecule has 0 radical (unpaired) electrons. The maximum Gasteiger partial charge on any atom is 0.326 e. The van der Waals surface area contributed by atoms with Gasteiger partial charge >= 0.3 is 12.0 Å². The minimum Gasteiger partial charge on any atom is -0.480 e. The molecule has 0 bridgehead atoms. The zero-order valence-corrected chi connectivity index (χ0v) is 14.6. The van der Waals surface area contributed by atoms with E-state index in [-0.39, 0.29) is 5.92 Å². The molecule has 1 atom stereocenters. The molecular formula is C15H24N4O3S. The molecule has 128 valence electrons. The zero-order chi connectivity index (χ0) is 17.0. The van der Waals surface area contributed by atoms with Crippen LogP contribution in [0.5, 0.6) is 0 Å². The highest BCUT2D eigenvalue weighted by Gasteiger charge is 2.25. The van der Waals surface area contributed by atoms with Gasteiger partial charge in [-0.1, -0.05) is 13.8 Å². The molecule has 0 aliphatic carbocycles. The highest BCUT2D eigenvalue weighted by molar-refractivity contribution is 7.13. The van der Waals surface area contributed by atoms with Crippen molar-refractivity contribution in [3.8, 4) is 0 Å². The molecule has 1 aliphatic heterocycles. The molecule has 1 saturated heterocycles. The molecule has 1 fully saturated rings. The maximum atomic E-state index is 12.1. The molecule has 7 nitrogen and oxygen atoms in total. The smallest absolute Gasteiger partial charge is 0.326 e. The summed E-state index contributed by atoms with van der Waals surface area (Å²) in [5.41, 5.74) is 0.825. The van der Waals surface area contributed by atoms with Crippen molar-refractivity contribution in [1.29, 1.82) is 0 Å². The first-order valence-corrected chi connectivity index (χ1v) is 8.70. The van der Waals surface area contributed by atoms with Crippen molar-refractivity contribution in [2.24, 2.45) is 5.92 Å². The van der Waals surface area contributed by atoms with E-state index in [0.717, 1.165) is 23.9 Å². The normalized spacial score (nSPS) is 15.7. The highest BCUT2D eigenvalue weighted by atomic mass is 32.1. The maximum absolute atomic E-state index is 12.1. The third-order valence-corrected chi connectivity index (χ3v) is 4.82. The van der Waals surface area contributed by atoms with E-state index in [1.54, 1.807) is 32.2 Å². The second kappa shape index (κ2) is 7.63. The Morgan fingerprint density at radius 2 is 2.09 bits per heavy atom. The van der Waals surface area contributed by atoms with Crippen molar-refractivity contribution < 1.29 is 14.7 Å². The van der Waals surface area contributed by atoms with Gasteiger partial charge in [0.2, 0.25) is 0 Å². The van der Waals surface area contributed by atoms with Gasteiger partial charge in [0.25, 0.3) is 0 Å². The minimum atomic E-state index is -1.02. The second-order valence-electron chi connectivity index (χ2n) is 6.18. The van der Waals surface area contributed by atoms with E-state index in [9.17, 15) is 9.59 Å². The van der Waals surface area contributed by atoms with Crippen molar-refractivity contribution in [2.75, 3.05) is 25.0 Å². The van der Waals surface area contributed by atoms with Crippen LogP contribution in [0.3, 0.4) is 0 Å². The van der Waals surface area contributed by atoms with Gasteiger partial charge in [-0.2, -0.15) is 0 Å². The second-order valence-corrected chi connectivity index (χ2v) is 7.02. The topological polar surface area (TPSA) is 85.8 Å². The lowest BCUT2D eigenvalue weighted by molar-refractivity contribution is -0.140. The Kier molecular flexibility index (Phi) is 5.81. The molecule has 0 aromatic carbocycles. The largest absolute Gasteiger partial charge is 0.480 e. The fraction of sp³-hybridized carbons (Fsp3) is 0.667. The number of carbonyl (C=O) groups excluding carboxylic acids is 1. The van der Waals surface area contributed by atoms with Crippen molar-refractivity contribution >= 4 is 28.5 Å². The molecule has 23 heavy (non-hydrogen) atoms. The Hall–Kier alpha value is -1.83. The summed E-state index contributed by atoms with van der Waals surface area (Å²) in [5, 5.41) is 14.6. The molecule has 1 aliphatic rings. The predicted molar refractivity (Wildman–Crippen MR) is 89.8 cm³/mol. The van der Waals surface area contributed by atoms with Crippen LogP contribution in [0, 0.1) is 5.92 Å². The van der Waals surface area contributed by atoms with Crippen LogP contribution in [0.2, 0.25) is 0 Å². The first kappa shape index (κ1) is 17.5. The van der Waals surface area contributed by atoms with Gasteiger partial charge < -0.3 is 20.2 Å². The average Bonchev–Trinajstić information content (AvgIpc) is 3.14. The van der Waals surface area contributed by atoms with Crippen molar-refractivity contribution in [2.45, 2.75) is 39.3 Å². The molecule has 8 heteroatoms. The molecule has 2 amide bonds. The SMILES string of the molecule is CC(C)[C@H](NC(=O)N(C)Cc1csc(N2CCCC2)n1)C(=O)O. The molecule has 0 unspecified atom stereocenters. The van der Waals surface area contributed by atoms with E-state index < -0.39 is 18.0 Å². The van der Waals surface area contributed by atoms with Crippen LogP contribution in [-0.2, 0) is 11.3 Å². The van der Waals surface area contributed by atoms with Crippen LogP contribution < -0.4 is 10.2 Å². The summed E-state index contributed by atoms with van der Waals surface area (Å²) in [6.45, 7) is 5.97. The van der Waals surface area contributed by atoms with Crippen molar-refractivity contribution in [1.82, 2.24) is 15.2 Å². The predicted octanol–water partition coefficient (Wildman–Crippen LogP) is 1.99. The minimum absolute atomic E-state index is 0.175. The number of nitrogens with one attached hydrogen (secondary N) is 1. The molecule has 1 aromatic rings. The number of amides is 2. The summed E-state index contributed by atoms with van der Waals surface area (Å²) in [5.74, 6) is -1.20. The first-order chi connectivity index (χ1) is 10.9. The monoisotopic (exact) mass is 340 g/mol. The van der Waals surface area contributed by atoms with Crippen molar-refractivity contribution in [3.05, 3.63) is 11.1 Å². The highest BCUT2D eigenvalue weighted by Crippen LogP contribution is 2.24. The summed E-state index contributed by atoms with van der Waals surface area (Å²) >= 11 is 1.59. The van der Waals surface area contributed by atoms with Crippen LogP contribution in [0.1, 0.15) is 32.4 Å². The van der Waals surface area contributed by atoms with Gasteiger partial charge in [0.05, 0.1) is 12.2 Å². The lowest BCUT2D eigenvalue weighted by atomic mass is 10.1. The Bertz CT molecular complexity index is 555. The quantitative estimate of drug-likeness (QED) is 0.827. The first-order valence-electron chi connectivity index (χ1n) is 7.82. The molecule has 2 rings (SSSR count). The molecule has 2 heterocycles. The van der Waals surface area contributed by atoms with E-state index in [1.165, 1.54) is 17.7 Å². The van der Waals surface area contributed by atoms with Gasteiger partial charge in [0.15, 0.2) is 5.13 Å². The van der Waals surface area contributed by atoms with E-state index in [4.69, 9.17) is 5.11 Å². The summed E-state index contributed by atoms with van der Waals surface area (Å²) < 4.78 is 0. The number of rotatable bonds is 6. The van der Waals surface area contributed by atoms with Crippen LogP contribution in [0.15, 0.2) is 5.38 Å². The van der Waals surface area contributed by atoms with Crippen molar-refractivity contribution in [3.63, 3.8) is 0 Å². The standard InChI is InChI=1S/C15H24N4O3S/c1-10(2)12(13(20)21)17-14(22)18(3)8-11-9-23-15(16-11)19-6-4-5-7-19/h9-10,12H,4-8H2,1-3H3,(H,17,22)(H,20,21)/t12-/m0/s1. The third kappa shape index (κ3) is 4.57. The van der Waals surface area contributed by atoms with Gasteiger partial charge in [-0.25, -0.2) is 14.6 Å². The number of aromatic nitrogens is 1.